The zero-order valence-corrected chi connectivity index (χ0v) is 13.6. The summed E-state index contributed by atoms with van der Waals surface area (Å²) in [5.41, 5.74) is 2.82. The number of carbonyl (C=O) groups is 2. The van der Waals surface area contributed by atoms with E-state index in [2.05, 4.69) is 12.2 Å². The van der Waals surface area contributed by atoms with Gasteiger partial charge < -0.3 is 10.2 Å². The lowest BCUT2D eigenvalue weighted by Crippen LogP contribution is -2.31. The van der Waals surface area contributed by atoms with Crippen molar-refractivity contribution < 1.29 is 9.59 Å². The Morgan fingerprint density at radius 2 is 1.65 bits per heavy atom. The van der Waals surface area contributed by atoms with Crippen LogP contribution in [0.1, 0.15) is 25.8 Å². The van der Waals surface area contributed by atoms with E-state index in [-0.39, 0.29) is 18.2 Å². The number of hydrogen-bond acceptors (Lipinski definition) is 2. The largest absolute Gasteiger partial charge is 0.326 e. The minimum absolute atomic E-state index is 0.0729. The second-order valence-corrected chi connectivity index (χ2v) is 5.35. The van der Waals surface area contributed by atoms with E-state index >= 15 is 0 Å². The Bertz CT molecular complexity index is 651. The Balaban J connectivity index is 1.92. The van der Waals surface area contributed by atoms with Gasteiger partial charge in [-0.3, -0.25) is 9.59 Å². The third-order valence-electron chi connectivity index (χ3n) is 3.66. The third-order valence-corrected chi connectivity index (χ3v) is 3.66. The van der Waals surface area contributed by atoms with Gasteiger partial charge in [0.25, 0.3) is 0 Å². The van der Waals surface area contributed by atoms with E-state index < -0.39 is 0 Å². The van der Waals surface area contributed by atoms with Crippen LogP contribution in [0.5, 0.6) is 0 Å². The molecule has 0 radical (unpaired) electrons. The number of rotatable bonds is 6. The number of amides is 2. The van der Waals surface area contributed by atoms with Gasteiger partial charge in [0.15, 0.2) is 0 Å². The molecule has 0 atom stereocenters. The standard InChI is InChI=1S/C19H22N2O2/c1-3-16-9-11-17(12-10-16)20-19(23)13-14-21(15(2)22)18-7-5-4-6-8-18/h4-12H,3,13-14H2,1-2H3,(H,20,23). The van der Waals surface area contributed by atoms with Crippen molar-refractivity contribution in [2.75, 3.05) is 16.8 Å². The first-order valence-electron chi connectivity index (χ1n) is 7.82. The SMILES string of the molecule is CCc1ccc(NC(=O)CCN(C(C)=O)c2ccccc2)cc1. The molecule has 0 saturated heterocycles. The molecule has 0 aliphatic carbocycles. The zero-order valence-electron chi connectivity index (χ0n) is 13.6. The Labute approximate surface area is 137 Å². The number of anilines is 2. The van der Waals surface area contributed by atoms with E-state index in [9.17, 15) is 9.59 Å². The summed E-state index contributed by atoms with van der Waals surface area (Å²) in [6, 6.07) is 17.2. The predicted octanol–water partition coefficient (Wildman–Crippen LogP) is 3.63. The van der Waals surface area contributed by atoms with Crippen LogP contribution in [0.2, 0.25) is 0 Å². The van der Waals surface area contributed by atoms with Crippen molar-refractivity contribution >= 4 is 23.2 Å². The number of nitrogens with zero attached hydrogens (tertiary/aromatic N) is 1. The van der Waals surface area contributed by atoms with Crippen LogP contribution in [0.25, 0.3) is 0 Å². The molecule has 120 valence electrons. The smallest absolute Gasteiger partial charge is 0.226 e. The van der Waals surface area contributed by atoms with Crippen molar-refractivity contribution in [1.29, 1.82) is 0 Å². The molecule has 2 aromatic rings. The van der Waals surface area contributed by atoms with E-state index in [1.165, 1.54) is 12.5 Å². The maximum atomic E-state index is 12.1. The molecule has 0 heterocycles. The quantitative estimate of drug-likeness (QED) is 0.885. The predicted molar refractivity (Wildman–Crippen MR) is 93.5 cm³/mol. The summed E-state index contributed by atoms with van der Waals surface area (Å²) in [5.74, 6) is -0.173. The molecular formula is C19H22N2O2. The molecule has 4 heteroatoms. The summed E-state index contributed by atoms with van der Waals surface area (Å²) in [5, 5.41) is 2.86. The van der Waals surface area contributed by atoms with Gasteiger partial charge >= 0.3 is 0 Å². The molecule has 0 fully saturated rings. The number of carbonyl (C=O) groups excluding carboxylic acids is 2. The highest BCUT2D eigenvalue weighted by atomic mass is 16.2. The van der Waals surface area contributed by atoms with E-state index in [0.29, 0.717) is 6.54 Å². The summed E-state index contributed by atoms with van der Waals surface area (Å²) in [6.45, 7) is 3.96. The van der Waals surface area contributed by atoms with Crippen molar-refractivity contribution in [2.45, 2.75) is 26.7 Å². The molecule has 1 N–H and O–H groups in total. The second-order valence-electron chi connectivity index (χ2n) is 5.35. The highest BCUT2D eigenvalue weighted by Crippen LogP contribution is 2.15. The molecule has 0 saturated carbocycles. The fourth-order valence-electron chi connectivity index (χ4n) is 2.34. The molecule has 23 heavy (non-hydrogen) atoms. The van der Waals surface area contributed by atoms with E-state index in [1.807, 2.05) is 54.6 Å². The Morgan fingerprint density at radius 3 is 2.22 bits per heavy atom. The fourth-order valence-corrected chi connectivity index (χ4v) is 2.34. The zero-order chi connectivity index (χ0) is 16.7. The number of aryl methyl sites for hydroxylation is 1. The average Bonchev–Trinajstić information content (AvgIpc) is 2.56. The molecule has 2 amide bonds. The van der Waals surface area contributed by atoms with Gasteiger partial charge in [-0.05, 0) is 36.2 Å². The van der Waals surface area contributed by atoms with Crippen LogP contribution in [0.4, 0.5) is 11.4 Å². The topological polar surface area (TPSA) is 49.4 Å². The van der Waals surface area contributed by atoms with Gasteiger partial charge in [-0.25, -0.2) is 0 Å². The Kier molecular flexibility index (Phi) is 5.92. The Morgan fingerprint density at radius 1 is 1.00 bits per heavy atom. The van der Waals surface area contributed by atoms with Crippen LogP contribution < -0.4 is 10.2 Å². The Hall–Kier alpha value is -2.62. The summed E-state index contributed by atoms with van der Waals surface area (Å²) < 4.78 is 0. The lowest BCUT2D eigenvalue weighted by molar-refractivity contribution is -0.117. The molecule has 2 rings (SSSR count). The van der Waals surface area contributed by atoms with E-state index in [0.717, 1.165) is 17.8 Å². The van der Waals surface area contributed by atoms with Crippen molar-refractivity contribution in [1.82, 2.24) is 0 Å². The third kappa shape index (κ3) is 4.95. The second kappa shape index (κ2) is 8.13. The number of hydrogen-bond donors (Lipinski definition) is 1. The maximum Gasteiger partial charge on any atom is 0.226 e. The number of para-hydroxylation sites is 1. The normalized spacial score (nSPS) is 10.2. The molecule has 0 aliphatic heterocycles. The van der Waals surface area contributed by atoms with Crippen molar-refractivity contribution in [2.24, 2.45) is 0 Å². The van der Waals surface area contributed by atoms with Crippen LogP contribution in [0, 0.1) is 0 Å². The summed E-state index contributed by atoms with van der Waals surface area (Å²) in [4.78, 5) is 25.5. The summed E-state index contributed by atoms with van der Waals surface area (Å²) >= 11 is 0. The highest BCUT2D eigenvalue weighted by molar-refractivity contribution is 5.94. The fraction of sp³-hybridized carbons (Fsp3) is 0.263. The maximum absolute atomic E-state index is 12.1. The number of nitrogens with one attached hydrogen (secondary N) is 1. The van der Waals surface area contributed by atoms with Crippen molar-refractivity contribution in [3.05, 3.63) is 60.2 Å². The van der Waals surface area contributed by atoms with E-state index in [1.54, 1.807) is 4.90 Å². The highest BCUT2D eigenvalue weighted by Gasteiger charge is 2.13. The lowest BCUT2D eigenvalue weighted by atomic mass is 10.1. The molecule has 0 bridgehead atoms. The van der Waals surface area contributed by atoms with Gasteiger partial charge in [0.1, 0.15) is 0 Å². The summed E-state index contributed by atoms with van der Waals surface area (Å²) in [6.07, 6.45) is 1.23. The minimum atomic E-state index is -0.101. The van der Waals surface area contributed by atoms with Crippen LogP contribution >= 0.6 is 0 Å². The van der Waals surface area contributed by atoms with Gasteiger partial charge in [0, 0.05) is 31.3 Å². The molecule has 2 aromatic carbocycles. The van der Waals surface area contributed by atoms with Gasteiger partial charge in [0.05, 0.1) is 0 Å². The lowest BCUT2D eigenvalue weighted by Gasteiger charge is -2.20. The molecule has 0 spiro atoms. The van der Waals surface area contributed by atoms with E-state index in [4.69, 9.17) is 0 Å². The number of benzene rings is 2. The van der Waals surface area contributed by atoms with Crippen molar-refractivity contribution in [3.63, 3.8) is 0 Å². The minimum Gasteiger partial charge on any atom is -0.326 e. The monoisotopic (exact) mass is 310 g/mol. The van der Waals surface area contributed by atoms with Gasteiger partial charge in [-0.1, -0.05) is 37.3 Å². The first kappa shape index (κ1) is 16.7. The molecule has 4 nitrogen and oxygen atoms in total. The van der Waals surface area contributed by atoms with Crippen LogP contribution in [0.15, 0.2) is 54.6 Å². The van der Waals surface area contributed by atoms with Gasteiger partial charge in [-0.15, -0.1) is 0 Å². The molecule has 0 aliphatic rings. The first-order valence-corrected chi connectivity index (χ1v) is 7.82. The molecule has 0 aromatic heterocycles. The van der Waals surface area contributed by atoms with Gasteiger partial charge in [-0.2, -0.15) is 0 Å². The van der Waals surface area contributed by atoms with Crippen LogP contribution in [-0.2, 0) is 16.0 Å². The van der Waals surface area contributed by atoms with Gasteiger partial charge in [0.2, 0.25) is 11.8 Å². The van der Waals surface area contributed by atoms with Crippen LogP contribution in [0.3, 0.4) is 0 Å². The average molecular weight is 310 g/mol. The first-order chi connectivity index (χ1) is 11.1. The molecule has 0 unspecified atom stereocenters. The molecular weight excluding hydrogens is 288 g/mol. The van der Waals surface area contributed by atoms with Crippen LogP contribution in [-0.4, -0.2) is 18.4 Å². The summed E-state index contributed by atoms with van der Waals surface area (Å²) in [7, 11) is 0. The van der Waals surface area contributed by atoms with Crippen molar-refractivity contribution in [3.8, 4) is 0 Å².